The molecule has 1 aliphatic rings. The van der Waals surface area contributed by atoms with Crippen LogP contribution in [0.5, 0.6) is 0 Å². The third-order valence-corrected chi connectivity index (χ3v) is 4.86. The van der Waals surface area contributed by atoms with E-state index in [2.05, 4.69) is 15.3 Å². The number of nitrogens with one attached hydrogen (secondary N) is 2. The van der Waals surface area contributed by atoms with Gasteiger partial charge in [0.15, 0.2) is 0 Å². The lowest BCUT2D eigenvalue weighted by molar-refractivity contribution is -0.118. The number of amides is 1. The summed E-state index contributed by atoms with van der Waals surface area (Å²) in [5.41, 5.74) is 3.31. The van der Waals surface area contributed by atoms with E-state index < -0.39 is 5.97 Å². The molecule has 1 amide bonds. The minimum Gasteiger partial charge on any atom is -0.465 e. The fourth-order valence-electron chi connectivity index (χ4n) is 3.23. The number of hydrogen-bond acceptors (Lipinski definition) is 5. The van der Waals surface area contributed by atoms with E-state index >= 15 is 0 Å². The van der Waals surface area contributed by atoms with Crippen molar-refractivity contribution in [3.63, 3.8) is 0 Å². The van der Waals surface area contributed by atoms with Crippen molar-refractivity contribution < 1.29 is 14.3 Å². The number of pyridine rings is 1. The topological polar surface area (TPSA) is 87.3 Å². The summed E-state index contributed by atoms with van der Waals surface area (Å²) in [4.78, 5) is 33.2. The molecule has 1 fully saturated rings. The van der Waals surface area contributed by atoms with Crippen LogP contribution < -0.4 is 10.2 Å². The van der Waals surface area contributed by atoms with Crippen LogP contribution in [0.3, 0.4) is 0 Å². The zero-order valence-electron chi connectivity index (χ0n) is 14.6. The summed E-state index contributed by atoms with van der Waals surface area (Å²) < 4.78 is 4.82. The zero-order chi connectivity index (χ0) is 19.0. The highest BCUT2D eigenvalue weighted by molar-refractivity contribution is 6.34. The third kappa shape index (κ3) is 3.15. The van der Waals surface area contributed by atoms with Gasteiger partial charge in [0, 0.05) is 35.9 Å². The number of aromatic nitrogens is 2. The van der Waals surface area contributed by atoms with Crippen LogP contribution in [-0.2, 0) is 9.53 Å². The maximum atomic E-state index is 12.2. The second kappa shape index (κ2) is 7.02. The van der Waals surface area contributed by atoms with E-state index in [1.807, 2.05) is 30.3 Å². The number of ether oxygens (including phenoxy) is 1. The van der Waals surface area contributed by atoms with Gasteiger partial charge in [-0.25, -0.2) is 9.78 Å². The maximum absolute atomic E-state index is 12.2. The lowest BCUT2D eigenvalue weighted by atomic mass is 10.0. The first kappa shape index (κ1) is 17.5. The lowest BCUT2D eigenvalue weighted by Gasteiger charge is -2.27. The van der Waals surface area contributed by atoms with Crippen molar-refractivity contribution in [3.05, 3.63) is 47.2 Å². The van der Waals surface area contributed by atoms with Crippen molar-refractivity contribution >= 4 is 40.2 Å². The molecule has 2 aromatic heterocycles. The molecule has 0 bridgehead atoms. The molecule has 3 aromatic rings. The molecule has 0 saturated carbocycles. The van der Waals surface area contributed by atoms with Crippen molar-refractivity contribution in [1.82, 2.24) is 15.3 Å². The van der Waals surface area contributed by atoms with E-state index in [9.17, 15) is 9.59 Å². The maximum Gasteiger partial charge on any atom is 0.341 e. The molecule has 1 aliphatic heterocycles. The molecule has 0 unspecified atom stereocenters. The summed E-state index contributed by atoms with van der Waals surface area (Å²) in [5.74, 6) is -0.484. The standard InChI is InChI=1S/C19H17ClN4O3/c1-27-19(26)16-14-8-12(9-22-18(14)23-17(16)20)11-3-2-4-13(7-11)24-6-5-21-10-15(24)25/h2-4,7-9,21H,5-6,10H2,1H3,(H,22,23). The van der Waals surface area contributed by atoms with Gasteiger partial charge in [0.2, 0.25) is 5.91 Å². The van der Waals surface area contributed by atoms with E-state index in [-0.39, 0.29) is 16.6 Å². The molecule has 2 N–H and O–H groups in total. The van der Waals surface area contributed by atoms with Crippen LogP contribution in [-0.4, -0.2) is 48.6 Å². The Hall–Kier alpha value is -2.90. The predicted molar refractivity (Wildman–Crippen MR) is 103 cm³/mol. The van der Waals surface area contributed by atoms with Crippen LogP contribution in [0.15, 0.2) is 36.5 Å². The fourth-order valence-corrected chi connectivity index (χ4v) is 3.50. The smallest absolute Gasteiger partial charge is 0.341 e. The Morgan fingerprint density at radius 2 is 2.15 bits per heavy atom. The average Bonchev–Trinajstić information content (AvgIpc) is 3.02. The summed E-state index contributed by atoms with van der Waals surface area (Å²) in [6.45, 7) is 1.72. The molecular formula is C19H17ClN4O3. The molecule has 1 aromatic carbocycles. The van der Waals surface area contributed by atoms with Crippen molar-refractivity contribution in [2.45, 2.75) is 0 Å². The normalized spacial score (nSPS) is 14.6. The van der Waals surface area contributed by atoms with Crippen LogP contribution in [0.4, 0.5) is 5.69 Å². The van der Waals surface area contributed by atoms with E-state index in [0.29, 0.717) is 24.1 Å². The average molecular weight is 385 g/mol. The van der Waals surface area contributed by atoms with Crippen molar-refractivity contribution in [3.8, 4) is 11.1 Å². The number of anilines is 1. The molecule has 138 valence electrons. The Balaban J connectivity index is 1.77. The molecule has 3 heterocycles. The van der Waals surface area contributed by atoms with E-state index in [1.165, 1.54) is 7.11 Å². The molecule has 0 spiro atoms. The molecule has 0 atom stereocenters. The number of carbonyl (C=O) groups excluding carboxylic acids is 2. The minimum absolute atomic E-state index is 0.0392. The SMILES string of the molecule is COC(=O)c1c(Cl)[nH]c2ncc(-c3cccc(N4CCNCC4=O)c3)cc12. The number of hydrogen-bond donors (Lipinski definition) is 2. The number of piperazine rings is 1. The molecular weight excluding hydrogens is 368 g/mol. The quantitative estimate of drug-likeness (QED) is 0.678. The van der Waals surface area contributed by atoms with Crippen LogP contribution in [0.2, 0.25) is 5.15 Å². The molecule has 4 rings (SSSR count). The largest absolute Gasteiger partial charge is 0.465 e. The van der Waals surface area contributed by atoms with Gasteiger partial charge in [-0.05, 0) is 23.8 Å². The van der Waals surface area contributed by atoms with Crippen molar-refractivity contribution in [1.29, 1.82) is 0 Å². The zero-order valence-corrected chi connectivity index (χ0v) is 15.3. The first-order valence-corrected chi connectivity index (χ1v) is 8.83. The van der Waals surface area contributed by atoms with Gasteiger partial charge < -0.3 is 19.9 Å². The van der Waals surface area contributed by atoms with E-state index in [4.69, 9.17) is 16.3 Å². The Bertz CT molecular complexity index is 1050. The number of nitrogens with zero attached hydrogens (tertiary/aromatic N) is 2. The Labute approximate surface area is 160 Å². The second-order valence-electron chi connectivity index (χ2n) is 6.20. The van der Waals surface area contributed by atoms with Gasteiger partial charge in [0.05, 0.1) is 13.7 Å². The minimum atomic E-state index is -0.523. The van der Waals surface area contributed by atoms with Gasteiger partial charge >= 0.3 is 5.97 Å². The number of fused-ring (bicyclic) bond motifs is 1. The molecule has 0 radical (unpaired) electrons. The van der Waals surface area contributed by atoms with Gasteiger partial charge in [-0.1, -0.05) is 23.7 Å². The van der Waals surface area contributed by atoms with Crippen LogP contribution in [0, 0.1) is 0 Å². The summed E-state index contributed by atoms with van der Waals surface area (Å²) in [6, 6.07) is 9.53. The fraction of sp³-hybridized carbons (Fsp3) is 0.211. The Morgan fingerprint density at radius 1 is 1.30 bits per heavy atom. The summed E-state index contributed by atoms with van der Waals surface area (Å²) in [7, 11) is 1.31. The van der Waals surface area contributed by atoms with Crippen molar-refractivity contribution in [2.24, 2.45) is 0 Å². The van der Waals surface area contributed by atoms with Gasteiger partial charge in [-0.15, -0.1) is 0 Å². The molecule has 1 saturated heterocycles. The molecule has 0 aliphatic carbocycles. The molecule has 7 nitrogen and oxygen atoms in total. The first-order valence-electron chi connectivity index (χ1n) is 8.45. The number of esters is 1. The van der Waals surface area contributed by atoms with Gasteiger partial charge in [-0.3, -0.25) is 4.79 Å². The van der Waals surface area contributed by atoms with Crippen LogP contribution in [0.1, 0.15) is 10.4 Å². The number of methoxy groups -OCH3 is 1. The number of benzene rings is 1. The van der Waals surface area contributed by atoms with E-state index in [1.54, 1.807) is 11.1 Å². The van der Waals surface area contributed by atoms with Gasteiger partial charge in [-0.2, -0.15) is 0 Å². The lowest BCUT2D eigenvalue weighted by Crippen LogP contribution is -2.48. The van der Waals surface area contributed by atoms with E-state index in [0.717, 1.165) is 23.4 Å². The highest BCUT2D eigenvalue weighted by Gasteiger charge is 2.21. The summed E-state index contributed by atoms with van der Waals surface area (Å²) in [6.07, 6.45) is 1.70. The number of halogens is 1. The van der Waals surface area contributed by atoms with Gasteiger partial charge in [0.1, 0.15) is 16.4 Å². The number of H-pyrrole nitrogens is 1. The Morgan fingerprint density at radius 3 is 2.93 bits per heavy atom. The number of rotatable bonds is 3. The summed E-state index contributed by atoms with van der Waals surface area (Å²) >= 11 is 6.14. The molecule has 8 heteroatoms. The van der Waals surface area contributed by atoms with Crippen LogP contribution in [0.25, 0.3) is 22.2 Å². The highest BCUT2D eigenvalue weighted by Crippen LogP contribution is 2.31. The number of carbonyl (C=O) groups is 2. The predicted octanol–water partition coefficient (Wildman–Crippen LogP) is 2.61. The highest BCUT2D eigenvalue weighted by atomic mass is 35.5. The number of aromatic amines is 1. The first-order chi connectivity index (χ1) is 13.1. The molecule has 27 heavy (non-hydrogen) atoms. The third-order valence-electron chi connectivity index (χ3n) is 4.57. The summed E-state index contributed by atoms with van der Waals surface area (Å²) in [5, 5.41) is 3.85. The van der Waals surface area contributed by atoms with Crippen molar-refractivity contribution in [2.75, 3.05) is 31.6 Å². The Kier molecular flexibility index (Phi) is 4.55. The van der Waals surface area contributed by atoms with Crippen LogP contribution >= 0.6 is 11.6 Å². The monoisotopic (exact) mass is 384 g/mol. The van der Waals surface area contributed by atoms with Gasteiger partial charge in [0.25, 0.3) is 0 Å². The second-order valence-corrected chi connectivity index (χ2v) is 6.58.